The van der Waals surface area contributed by atoms with Crippen LogP contribution >= 0.6 is 11.6 Å². The molecule has 2 aromatic carbocycles. The minimum atomic E-state index is -3.73. The maximum Gasteiger partial charge on any atom is 0.267 e. The zero-order valence-electron chi connectivity index (χ0n) is 16.2. The lowest BCUT2D eigenvalue weighted by molar-refractivity contribution is -0.118. The van der Waals surface area contributed by atoms with Crippen LogP contribution in [0.5, 0.6) is 0 Å². The smallest absolute Gasteiger partial charge is 0.267 e. The first-order chi connectivity index (χ1) is 14.3. The minimum absolute atomic E-state index is 0.00754. The summed E-state index contributed by atoms with van der Waals surface area (Å²) in [5.41, 5.74) is 0.937. The number of Topliss-reactive ketones (excluding diaryl/α,β-unsaturated/α-hetero) is 1. The van der Waals surface area contributed by atoms with Crippen molar-refractivity contribution in [1.82, 2.24) is 10.0 Å². The average molecular weight is 449 g/mol. The van der Waals surface area contributed by atoms with E-state index in [1.54, 1.807) is 17.1 Å². The molecule has 30 heavy (non-hydrogen) atoms. The van der Waals surface area contributed by atoms with E-state index < -0.39 is 22.0 Å². The molecule has 1 aliphatic heterocycles. The number of sulfonamides is 1. The molecular formula is C20H21ClN4O4S. The molecular weight excluding hydrogens is 428 g/mol. The molecule has 0 fully saturated rings. The molecule has 0 spiro atoms. The summed E-state index contributed by atoms with van der Waals surface area (Å²) in [5, 5.41) is 8.79. The molecule has 10 heteroatoms. The monoisotopic (exact) mass is 448 g/mol. The molecule has 1 unspecified atom stereocenters. The van der Waals surface area contributed by atoms with Crippen LogP contribution in [-0.4, -0.2) is 45.0 Å². The summed E-state index contributed by atoms with van der Waals surface area (Å²) in [4.78, 5) is 24.5. The number of nitrogens with one attached hydrogen (secondary N) is 2. The number of anilines is 1. The maximum absolute atomic E-state index is 12.5. The molecule has 1 heterocycles. The average Bonchev–Trinajstić information content (AvgIpc) is 3.18. The van der Waals surface area contributed by atoms with Crippen molar-refractivity contribution >= 4 is 44.7 Å². The first-order valence-electron chi connectivity index (χ1n) is 9.23. The van der Waals surface area contributed by atoms with Crippen molar-refractivity contribution in [3.05, 3.63) is 59.6 Å². The number of hydrazone groups is 1. The van der Waals surface area contributed by atoms with Crippen molar-refractivity contribution in [3.8, 4) is 0 Å². The number of carbonyl (C=O) groups is 2. The second-order valence-electron chi connectivity index (χ2n) is 6.67. The van der Waals surface area contributed by atoms with Crippen LogP contribution < -0.4 is 15.0 Å². The van der Waals surface area contributed by atoms with Gasteiger partial charge in [-0.25, -0.2) is 13.1 Å². The van der Waals surface area contributed by atoms with Crippen LogP contribution in [0.25, 0.3) is 0 Å². The maximum atomic E-state index is 12.5. The van der Waals surface area contributed by atoms with Crippen molar-refractivity contribution < 1.29 is 18.0 Å². The van der Waals surface area contributed by atoms with Gasteiger partial charge in [0.05, 0.1) is 10.6 Å². The Morgan fingerprint density at radius 3 is 2.53 bits per heavy atom. The van der Waals surface area contributed by atoms with Crippen LogP contribution in [0.1, 0.15) is 13.3 Å². The highest BCUT2D eigenvalue weighted by Gasteiger charge is 2.34. The summed E-state index contributed by atoms with van der Waals surface area (Å²) in [6, 6.07) is 14.5. The number of nitrogens with zero attached hydrogens (tertiary/aromatic N) is 2. The molecule has 2 N–H and O–H groups in total. The van der Waals surface area contributed by atoms with E-state index in [1.165, 1.54) is 19.1 Å². The molecule has 2 aromatic rings. The van der Waals surface area contributed by atoms with Crippen molar-refractivity contribution in [2.24, 2.45) is 5.10 Å². The lowest BCUT2D eigenvalue weighted by Crippen LogP contribution is -2.38. The molecule has 1 amide bonds. The van der Waals surface area contributed by atoms with Gasteiger partial charge in [0.15, 0.2) is 5.78 Å². The first kappa shape index (κ1) is 21.9. The summed E-state index contributed by atoms with van der Waals surface area (Å²) in [7, 11) is -3.73. The van der Waals surface area contributed by atoms with E-state index in [-0.39, 0.29) is 35.9 Å². The SMILES string of the molecule is CC(=O)C1CC(C(=O)NCCNS(=O)(=O)c2cccc(Cl)c2)=NN1c1ccccc1. The van der Waals surface area contributed by atoms with Crippen LogP contribution in [0.2, 0.25) is 5.02 Å². The summed E-state index contributed by atoms with van der Waals surface area (Å²) < 4.78 is 26.9. The zero-order chi connectivity index (χ0) is 21.7. The second kappa shape index (κ2) is 9.38. The molecule has 158 valence electrons. The third kappa shape index (κ3) is 5.24. The predicted octanol–water partition coefficient (Wildman–Crippen LogP) is 1.96. The number of hydrogen-bond acceptors (Lipinski definition) is 6. The largest absolute Gasteiger partial charge is 0.350 e. The lowest BCUT2D eigenvalue weighted by Gasteiger charge is -2.20. The predicted molar refractivity (Wildman–Crippen MR) is 115 cm³/mol. The summed E-state index contributed by atoms with van der Waals surface area (Å²) >= 11 is 5.83. The number of carbonyl (C=O) groups excluding carboxylic acids is 2. The molecule has 8 nitrogen and oxygen atoms in total. The fourth-order valence-electron chi connectivity index (χ4n) is 2.96. The summed E-state index contributed by atoms with van der Waals surface area (Å²) in [6.07, 6.45) is 0.185. The van der Waals surface area contributed by atoms with Crippen molar-refractivity contribution in [1.29, 1.82) is 0 Å². The standard InChI is InChI=1S/C20H21ClN4O4S/c1-14(26)19-13-18(24-25(19)16-7-3-2-4-8-16)20(27)22-10-11-23-30(28,29)17-9-5-6-15(21)12-17/h2-9,12,19,23H,10-11,13H2,1H3,(H,22,27). The summed E-state index contributed by atoms with van der Waals surface area (Å²) in [6.45, 7) is 1.52. The van der Waals surface area contributed by atoms with Gasteiger partial charge in [-0.15, -0.1) is 0 Å². The Morgan fingerprint density at radius 2 is 1.87 bits per heavy atom. The molecule has 1 aliphatic rings. The molecule has 3 rings (SSSR count). The van der Waals surface area contributed by atoms with Crippen LogP contribution in [0.15, 0.2) is 64.6 Å². The molecule has 0 saturated heterocycles. The highest BCUT2D eigenvalue weighted by atomic mass is 35.5. The number of benzene rings is 2. The number of halogens is 1. The molecule has 0 saturated carbocycles. The fraction of sp³-hybridized carbons (Fsp3) is 0.250. The van der Waals surface area contributed by atoms with Crippen LogP contribution in [0.4, 0.5) is 5.69 Å². The van der Waals surface area contributed by atoms with E-state index in [1.807, 2.05) is 30.3 Å². The van der Waals surface area contributed by atoms with Crippen molar-refractivity contribution in [2.75, 3.05) is 18.1 Å². The number of ketones is 1. The van der Waals surface area contributed by atoms with Gasteiger partial charge >= 0.3 is 0 Å². The van der Waals surface area contributed by atoms with E-state index in [0.29, 0.717) is 5.02 Å². The number of rotatable bonds is 8. The van der Waals surface area contributed by atoms with Gasteiger partial charge in [-0.3, -0.25) is 14.6 Å². The molecule has 0 radical (unpaired) electrons. The van der Waals surface area contributed by atoms with Gasteiger partial charge in [-0.05, 0) is 37.3 Å². The fourth-order valence-corrected chi connectivity index (χ4v) is 4.30. The number of amides is 1. The van der Waals surface area contributed by atoms with Crippen molar-refractivity contribution in [2.45, 2.75) is 24.3 Å². The van der Waals surface area contributed by atoms with Gasteiger partial charge in [0.25, 0.3) is 5.91 Å². The van der Waals surface area contributed by atoms with Gasteiger partial charge in [0, 0.05) is 24.5 Å². The minimum Gasteiger partial charge on any atom is -0.350 e. The van der Waals surface area contributed by atoms with E-state index in [9.17, 15) is 18.0 Å². The van der Waals surface area contributed by atoms with Crippen LogP contribution in [0.3, 0.4) is 0 Å². The quantitative estimate of drug-likeness (QED) is 0.600. The van der Waals surface area contributed by atoms with E-state index in [2.05, 4.69) is 15.1 Å². The first-order valence-corrected chi connectivity index (χ1v) is 11.1. The highest BCUT2D eigenvalue weighted by Crippen LogP contribution is 2.25. The van der Waals surface area contributed by atoms with Gasteiger partial charge in [-0.2, -0.15) is 5.10 Å². The number of para-hydroxylation sites is 1. The Morgan fingerprint density at radius 1 is 1.13 bits per heavy atom. The van der Waals surface area contributed by atoms with Crippen LogP contribution in [0, 0.1) is 0 Å². The Bertz CT molecular complexity index is 1070. The molecule has 0 aliphatic carbocycles. The number of hydrogen-bond donors (Lipinski definition) is 2. The van der Waals surface area contributed by atoms with Crippen LogP contribution in [-0.2, 0) is 19.6 Å². The van der Waals surface area contributed by atoms with E-state index in [0.717, 1.165) is 5.69 Å². The van der Waals surface area contributed by atoms with E-state index >= 15 is 0 Å². The lowest BCUT2D eigenvalue weighted by atomic mass is 10.1. The Labute approximate surface area is 180 Å². The Hall–Kier alpha value is -2.75. The van der Waals surface area contributed by atoms with Gasteiger partial charge < -0.3 is 5.32 Å². The Kier molecular flexibility index (Phi) is 6.86. The third-order valence-corrected chi connectivity index (χ3v) is 6.17. The topological polar surface area (TPSA) is 108 Å². The van der Waals surface area contributed by atoms with Crippen molar-refractivity contribution in [3.63, 3.8) is 0 Å². The van der Waals surface area contributed by atoms with E-state index in [4.69, 9.17) is 11.6 Å². The zero-order valence-corrected chi connectivity index (χ0v) is 17.8. The third-order valence-electron chi connectivity index (χ3n) is 4.47. The van der Waals surface area contributed by atoms with Gasteiger partial charge in [0.2, 0.25) is 10.0 Å². The normalized spacial score (nSPS) is 16.3. The molecule has 0 bridgehead atoms. The molecule has 0 aromatic heterocycles. The molecule has 1 atom stereocenters. The van der Waals surface area contributed by atoms with Gasteiger partial charge in [0.1, 0.15) is 11.8 Å². The van der Waals surface area contributed by atoms with Gasteiger partial charge in [-0.1, -0.05) is 35.9 Å². The second-order valence-corrected chi connectivity index (χ2v) is 8.87. The highest BCUT2D eigenvalue weighted by molar-refractivity contribution is 7.89. The summed E-state index contributed by atoms with van der Waals surface area (Å²) in [5.74, 6) is -0.540. The Balaban J connectivity index is 1.58.